The van der Waals surface area contributed by atoms with Crippen molar-refractivity contribution in [1.29, 1.82) is 0 Å². The van der Waals surface area contributed by atoms with E-state index in [4.69, 9.17) is 8.94 Å². The number of aromatic amines is 1. The first kappa shape index (κ1) is 11.7. The summed E-state index contributed by atoms with van der Waals surface area (Å²) in [6.45, 7) is 3.22. The summed E-state index contributed by atoms with van der Waals surface area (Å²) in [6.07, 6.45) is 3.42. The molecule has 6 nitrogen and oxygen atoms in total. The molecule has 19 heavy (non-hydrogen) atoms. The van der Waals surface area contributed by atoms with Gasteiger partial charge in [-0.2, -0.15) is 5.10 Å². The molecule has 3 aromatic heterocycles. The highest BCUT2D eigenvalue weighted by Gasteiger charge is 2.10. The lowest BCUT2D eigenvalue weighted by Crippen LogP contribution is -2.12. The summed E-state index contributed by atoms with van der Waals surface area (Å²) in [4.78, 5) is 0. The van der Waals surface area contributed by atoms with E-state index in [0.717, 1.165) is 28.5 Å². The summed E-state index contributed by atoms with van der Waals surface area (Å²) >= 11 is 0. The van der Waals surface area contributed by atoms with Crippen molar-refractivity contribution in [2.75, 3.05) is 0 Å². The van der Waals surface area contributed by atoms with Gasteiger partial charge in [-0.25, -0.2) is 0 Å². The number of aromatic nitrogens is 3. The second-order valence-corrected chi connectivity index (χ2v) is 4.26. The molecule has 98 valence electrons. The number of nitrogens with zero attached hydrogens (tertiary/aromatic N) is 2. The number of furan rings is 1. The van der Waals surface area contributed by atoms with E-state index < -0.39 is 0 Å². The molecule has 3 aromatic rings. The Labute approximate surface area is 109 Å². The van der Waals surface area contributed by atoms with Crippen molar-refractivity contribution >= 4 is 0 Å². The third-order valence-electron chi connectivity index (χ3n) is 2.81. The molecular weight excluding hydrogens is 244 g/mol. The van der Waals surface area contributed by atoms with Crippen molar-refractivity contribution in [2.24, 2.45) is 0 Å². The van der Waals surface area contributed by atoms with Crippen molar-refractivity contribution in [1.82, 2.24) is 20.7 Å². The number of hydrogen-bond donors (Lipinski definition) is 2. The van der Waals surface area contributed by atoms with Crippen LogP contribution in [0.15, 0.2) is 39.5 Å². The molecule has 0 unspecified atom stereocenters. The van der Waals surface area contributed by atoms with Gasteiger partial charge in [0.25, 0.3) is 0 Å². The molecule has 0 amide bonds. The zero-order valence-corrected chi connectivity index (χ0v) is 10.5. The Morgan fingerprint density at radius 1 is 1.26 bits per heavy atom. The van der Waals surface area contributed by atoms with Crippen LogP contribution in [0.5, 0.6) is 0 Å². The molecule has 0 fully saturated rings. The number of nitrogens with one attached hydrogen (secondary N) is 2. The molecule has 0 aliphatic heterocycles. The summed E-state index contributed by atoms with van der Waals surface area (Å²) in [5.41, 5.74) is 1.95. The number of H-pyrrole nitrogens is 1. The van der Waals surface area contributed by atoms with Crippen molar-refractivity contribution in [3.05, 3.63) is 47.7 Å². The van der Waals surface area contributed by atoms with Crippen molar-refractivity contribution in [3.63, 3.8) is 0 Å². The first-order valence-corrected chi connectivity index (χ1v) is 6.02. The molecular formula is C13H14N4O2. The minimum atomic E-state index is 0.627. The Morgan fingerprint density at radius 3 is 2.95 bits per heavy atom. The van der Waals surface area contributed by atoms with E-state index in [1.807, 2.05) is 25.1 Å². The smallest absolute Gasteiger partial charge is 0.152 e. The Hall–Kier alpha value is -2.34. The fraction of sp³-hybridized carbons (Fsp3) is 0.231. The predicted molar refractivity (Wildman–Crippen MR) is 68.1 cm³/mol. The minimum absolute atomic E-state index is 0.627. The lowest BCUT2D eigenvalue weighted by atomic mass is 10.2. The molecule has 0 bridgehead atoms. The maximum absolute atomic E-state index is 5.59. The third kappa shape index (κ3) is 2.58. The monoisotopic (exact) mass is 258 g/mol. The van der Waals surface area contributed by atoms with Crippen molar-refractivity contribution in [2.45, 2.75) is 20.0 Å². The van der Waals surface area contributed by atoms with Crippen LogP contribution in [0.4, 0.5) is 0 Å². The van der Waals surface area contributed by atoms with Gasteiger partial charge in [0.1, 0.15) is 17.2 Å². The lowest BCUT2D eigenvalue weighted by Gasteiger charge is -2.02. The van der Waals surface area contributed by atoms with Gasteiger partial charge in [-0.05, 0) is 19.1 Å². The van der Waals surface area contributed by atoms with Crippen LogP contribution in [0.3, 0.4) is 0 Å². The van der Waals surface area contributed by atoms with Gasteiger partial charge in [0, 0.05) is 18.2 Å². The molecule has 0 radical (unpaired) electrons. The summed E-state index contributed by atoms with van der Waals surface area (Å²) in [5, 5.41) is 14.0. The Morgan fingerprint density at radius 2 is 2.21 bits per heavy atom. The fourth-order valence-electron chi connectivity index (χ4n) is 1.88. The van der Waals surface area contributed by atoms with Crippen molar-refractivity contribution in [3.8, 4) is 11.5 Å². The van der Waals surface area contributed by atoms with Crippen molar-refractivity contribution < 1.29 is 8.94 Å². The Balaban J connectivity index is 1.67. The molecule has 0 aliphatic carbocycles. The maximum atomic E-state index is 5.59. The van der Waals surface area contributed by atoms with Gasteiger partial charge in [-0.1, -0.05) is 5.16 Å². The van der Waals surface area contributed by atoms with Crippen LogP contribution in [0, 0.1) is 6.92 Å². The Kier molecular flexibility index (Phi) is 3.16. The molecule has 3 heterocycles. The SMILES string of the molecule is Cc1ccc(-c2[nH]ncc2CNCc2ccno2)o1. The molecule has 0 aromatic carbocycles. The van der Waals surface area contributed by atoms with Gasteiger partial charge in [0.15, 0.2) is 5.76 Å². The highest BCUT2D eigenvalue weighted by atomic mass is 16.5. The van der Waals surface area contributed by atoms with E-state index in [-0.39, 0.29) is 0 Å². The van der Waals surface area contributed by atoms with Crippen LogP contribution in [0.25, 0.3) is 11.5 Å². The van der Waals surface area contributed by atoms with Gasteiger partial charge in [-0.3, -0.25) is 5.10 Å². The van der Waals surface area contributed by atoms with Gasteiger partial charge in [0.05, 0.1) is 18.9 Å². The second kappa shape index (κ2) is 5.11. The minimum Gasteiger partial charge on any atom is -0.460 e. The predicted octanol–water partition coefficient (Wildman–Crippen LogP) is 2.26. The number of rotatable bonds is 5. The van der Waals surface area contributed by atoms with Crippen LogP contribution in [-0.2, 0) is 13.1 Å². The molecule has 0 atom stereocenters. The van der Waals surface area contributed by atoms with E-state index >= 15 is 0 Å². The van der Waals surface area contributed by atoms with Crippen LogP contribution in [0.2, 0.25) is 0 Å². The molecule has 0 spiro atoms. The molecule has 2 N–H and O–H groups in total. The quantitative estimate of drug-likeness (QED) is 0.733. The molecule has 6 heteroatoms. The zero-order chi connectivity index (χ0) is 13.1. The van der Waals surface area contributed by atoms with Gasteiger partial charge in [0.2, 0.25) is 0 Å². The summed E-state index contributed by atoms with van der Waals surface area (Å²) < 4.78 is 10.6. The summed E-state index contributed by atoms with van der Waals surface area (Å²) in [5.74, 6) is 2.48. The molecule has 3 rings (SSSR count). The van der Waals surface area contributed by atoms with E-state index in [2.05, 4.69) is 20.7 Å². The third-order valence-corrected chi connectivity index (χ3v) is 2.81. The average molecular weight is 258 g/mol. The maximum Gasteiger partial charge on any atom is 0.152 e. The fourth-order valence-corrected chi connectivity index (χ4v) is 1.88. The standard InChI is InChI=1S/C13H14N4O2/c1-9-2-3-12(18-9)13-10(7-15-17-13)6-14-8-11-4-5-16-19-11/h2-5,7,14H,6,8H2,1H3,(H,15,17). The van der Waals surface area contributed by atoms with E-state index in [1.54, 1.807) is 12.4 Å². The normalized spacial score (nSPS) is 11.0. The van der Waals surface area contributed by atoms with E-state index in [1.165, 1.54) is 0 Å². The summed E-state index contributed by atoms with van der Waals surface area (Å²) in [7, 11) is 0. The first-order chi connectivity index (χ1) is 9.33. The highest BCUT2D eigenvalue weighted by Crippen LogP contribution is 2.23. The van der Waals surface area contributed by atoms with E-state index in [0.29, 0.717) is 13.1 Å². The highest BCUT2D eigenvalue weighted by molar-refractivity contribution is 5.56. The summed E-state index contributed by atoms with van der Waals surface area (Å²) in [6, 6.07) is 5.70. The van der Waals surface area contributed by atoms with Gasteiger partial charge < -0.3 is 14.3 Å². The van der Waals surface area contributed by atoms with Crippen LogP contribution in [0.1, 0.15) is 17.1 Å². The molecule has 0 aliphatic rings. The lowest BCUT2D eigenvalue weighted by molar-refractivity contribution is 0.373. The van der Waals surface area contributed by atoms with Gasteiger partial charge in [-0.15, -0.1) is 0 Å². The number of hydrogen-bond acceptors (Lipinski definition) is 5. The Bertz CT molecular complexity index is 639. The number of aryl methyl sites for hydroxylation is 1. The molecule has 0 saturated carbocycles. The topological polar surface area (TPSA) is 79.9 Å². The van der Waals surface area contributed by atoms with E-state index in [9.17, 15) is 0 Å². The average Bonchev–Trinajstić information content (AvgIpc) is 3.10. The molecule has 0 saturated heterocycles. The van der Waals surface area contributed by atoms with Crippen LogP contribution in [-0.4, -0.2) is 15.4 Å². The largest absolute Gasteiger partial charge is 0.460 e. The van der Waals surface area contributed by atoms with Crippen LogP contribution >= 0.6 is 0 Å². The van der Waals surface area contributed by atoms with Gasteiger partial charge >= 0.3 is 0 Å². The van der Waals surface area contributed by atoms with Crippen LogP contribution < -0.4 is 5.32 Å². The zero-order valence-electron chi connectivity index (χ0n) is 10.5. The second-order valence-electron chi connectivity index (χ2n) is 4.26. The first-order valence-electron chi connectivity index (χ1n) is 6.02.